The Balaban J connectivity index is 1.72. The van der Waals surface area contributed by atoms with E-state index >= 15 is 0 Å². The fraction of sp³-hybridized carbons (Fsp3) is 0.238. The van der Waals surface area contributed by atoms with Crippen molar-refractivity contribution >= 4 is 12.2 Å². The Morgan fingerprint density at radius 3 is 2.20 bits per heavy atom. The summed E-state index contributed by atoms with van der Waals surface area (Å²) < 4.78 is 16.0. The summed E-state index contributed by atoms with van der Waals surface area (Å²) in [6, 6.07) is 13.1. The molecule has 0 unspecified atom stereocenters. The van der Waals surface area contributed by atoms with Crippen molar-refractivity contribution in [1.29, 1.82) is 0 Å². The third-order valence-corrected chi connectivity index (χ3v) is 3.44. The van der Waals surface area contributed by atoms with Crippen molar-refractivity contribution in [2.45, 2.75) is 6.92 Å². The van der Waals surface area contributed by atoms with Crippen LogP contribution in [0.1, 0.15) is 18.1 Å². The van der Waals surface area contributed by atoms with Gasteiger partial charge in [-0.15, -0.1) is 0 Å². The van der Waals surface area contributed by atoms with E-state index < -0.39 is 0 Å². The van der Waals surface area contributed by atoms with E-state index in [1.54, 1.807) is 12.1 Å². The molecule has 2 aromatic carbocycles. The van der Waals surface area contributed by atoms with Crippen LogP contribution in [0, 0.1) is 0 Å². The summed E-state index contributed by atoms with van der Waals surface area (Å²) in [6.45, 7) is 3.69. The molecular weight excluding hydrogens is 316 g/mol. The van der Waals surface area contributed by atoms with Crippen LogP contribution < -0.4 is 9.47 Å². The summed E-state index contributed by atoms with van der Waals surface area (Å²) in [7, 11) is 1.53. The highest BCUT2D eigenvalue weighted by atomic mass is 16.5. The van der Waals surface area contributed by atoms with Gasteiger partial charge in [0.25, 0.3) is 0 Å². The Kier molecular flexibility index (Phi) is 7.60. The van der Waals surface area contributed by atoms with Crippen LogP contribution >= 0.6 is 0 Å². The molecule has 0 bridgehead atoms. The molecule has 0 fully saturated rings. The monoisotopic (exact) mass is 340 g/mol. The van der Waals surface area contributed by atoms with Crippen molar-refractivity contribution in [1.82, 2.24) is 0 Å². The van der Waals surface area contributed by atoms with Gasteiger partial charge in [0.1, 0.15) is 5.75 Å². The number of phenols is 1. The average molecular weight is 340 g/mol. The molecule has 2 aromatic rings. The third-order valence-electron chi connectivity index (χ3n) is 3.44. The molecule has 0 spiro atoms. The van der Waals surface area contributed by atoms with E-state index in [2.05, 4.69) is 0 Å². The van der Waals surface area contributed by atoms with E-state index in [4.69, 9.17) is 14.2 Å². The molecule has 0 aromatic heterocycles. The lowest BCUT2D eigenvalue weighted by Crippen LogP contribution is -1.91. The van der Waals surface area contributed by atoms with Crippen LogP contribution in [0.2, 0.25) is 0 Å². The molecular formula is C21H24O4. The van der Waals surface area contributed by atoms with Crippen molar-refractivity contribution in [2.75, 3.05) is 26.9 Å². The molecule has 0 aliphatic carbocycles. The molecule has 0 atom stereocenters. The number of ether oxygens (including phenoxy) is 3. The molecule has 0 saturated carbocycles. The van der Waals surface area contributed by atoms with Crippen LogP contribution in [0.4, 0.5) is 0 Å². The minimum absolute atomic E-state index is 0.135. The summed E-state index contributed by atoms with van der Waals surface area (Å²) >= 11 is 0. The molecule has 4 nitrogen and oxygen atoms in total. The second kappa shape index (κ2) is 10.2. The predicted molar refractivity (Wildman–Crippen MR) is 101 cm³/mol. The molecule has 2 rings (SSSR count). The Hall–Kier alpha value is -2.72. The van der Waals surface area contributed by atoms with Crippen molar-refractivity contribution in [3.05, 3.63) is 65.7 Å². The van der Waals surface area contributed by atoms with Crippen molar-refractivity contribution < 1.29 is 19.3 Å². The number of hydrogen-bond acceptors (Lipinski definition) is 4. The lowest BCUT2D eigenvalue weighted by Gasteiger charge is -2.03. The maximum absolute atomic E-state index is 9.55. The second-order valence-corrected chi connectivity index (χ2v) is 5.28. The van der Waals surface area contributed by atoms with Crippen LogP contribution in [0.5, 0.6) is 17.2 Å². The summed E-state index contributed by atoms with van der Waals surface area (Å²) in [5, 5.41) is 9.55. The van der Waals surface area contributed by atoms with Gasteiger partial charge in [0, 0.05) is 0 Å². The zero-order valence-electron chi connectivity index (χ0n) is 14.6. The molecule has 25 heavy (non-hydrogen) atoms. The summed E-state index contributed by atoms with van der Waals surface area (Å²) in [5.41, 5.74) is 2.06. The number of phenolic OH excluding ortho intramolecular Hbond substituents is 1. The molecule has 0 aliphatic heterocycles. The first-order chi connectivity index (χ1) is 12.2. The van der Waals surface area contributed by atoms with Crippen LogP contribution in [-0.4, -0.2) is 32.0 Å². The zero-order valence-corrected chi connectivity index (χ0v) is 14.6. The molecule has 0 radical (unpaired) electrons. The highest BCUT2D eigenvalue weighted by Crippen LogP contribution is 2.26. The second-order valence-electron chi connectivity index (χ2n) is 5.28. The highest BCUT2D eigenvalue weighted by molar-refractivity contribution is 5.55. The van der Waals surface area contributed by atoms with Gasteiger partial charge in [-0.2, -0.15) is 0 Å². The van der Waals surface area contributed by atoms with Gasteiger partial charge in [-0.1, -0.05) is 42.5 Å². The lowest BCUT2D eigenvalue weighted by molar-refractivity contribution is 0.195. The Morgan fingerprint density at radius 1 is 0.920 bits per heavy atom. The van der Waals surface area contributed by atoms with E-state index in [1.165, 1.54) is 7.11 Å². The summed E-state index contributed by atoms with van der Waals surface area (Å²) in [6.07, 6.45) is 7.85. The Bertz CT molecular complexity index is 702. The van der Waals surface area contributed by atoms with Crippen LogP contribution in [0.15, 0.2) is 54.6 Å². The quantitative estimate of drug-likeness (QED) is 0.681. The van der Waals surface area contributed by atoms with Crippen molar-refractivity contribution in [2.24, 2.45) is 0 Å². The topological polar surface area (TPSA) is 47.9 Å². The van der Waals surface area contributed by atoms with Gasteiger partial charge in [0.2, 0.25) is 0 Å². The maximum Gasteiger partial charge on any atom is 0.161 e. The smallest absolute Gasteiger partial charge is 0.161 e. The van der Waals surface area contributed by atoms with Crippen LogP contribution in [-0.2, 0) is 4.74 Å². The van der Waals surface area contributed by atoms with Crippen LogP contribution in [0.3, 0.4) is 0 Å². The molecule has 1 N–H and O–H groups in total. The first-order valence-corrected chi connectivity index (χ1v) is 8.23. The fourth-order valence-corrected chi connectivity index (χ4v) is 2.21. The van der Waals surface area contributed by atoms with Gasteiger partial charge in [0.05, 0.1) is 26.9 Å². The zero-order chi connectivity index (χ0) is 17.9. The van der Waals surface area contributed by atoms with Gasteiger partial charge in [0.15, 0.2) is 11.5 Å². The molecule has 0 heterocycles. The van der Waals surface area contributed by atoms with Gasteiger partial charge >= 0.3 is 0 Å². The number of hydrogen-bond donors (Lipinski definition) is 1. The number of benzene rings is 2. The summed E-state index contributed by atoms with van der Waals surface area (Å²) in [4.78, 5) is 0. The van der Waals surface area contributed by atoms with Crippen molar-refractivity contribution in [3.63, 3.8) is 0 Å². The lowest BCUT2D eigenvalue weighted by atomic mass is 10.2. The normalized spacial score (nSPS) is 11.3. The van der Waals surface area contributed by atoms with Gasteiger partial charge in [-0.25, -0.2) is 0 Å². The fourth-order valence-electron chi connectivity index (χ4n) is 2.21. The van der Waals surface area contributed by atoms with E-state index in [0.29, 0.717) is 25.6 Å². The standard InChI is InChI=1S/C21H24O4/c1-3-25-19-11-8-17(9-12-19)6-4-14-24-15-5-7-18-10-13-20(22)21(16-18)23-2/h4-13,16,22H,3,14-15H2,1-2H3/b6-4+,7-5+. The van der Waals surface area contributed by atoms with E-state index in [1.807, 2.05) is 61.6 Å². The third kappa shape index (κ3) is 6.36. The van der Waals surface area contributed by atoms with E-state index in [9.17, 15) is 5.11 Å². The largest absolute Gasteiger partial charge is 0.504 e. The minimum Gasteiger partial charge on any atom is -0.504 e. The first kappa shape index (κ1) is 18.6. The van der Waals surface area contributed by atoms with Gasteiger partial charge in [-0.05, 0) is 42.3 Å². The van der Waals surface area contributed by atoms with E-state index in [0.717, 1.165) is 16.9 Å². The average Bonchev–Trinajstić information content (AvgIpc) is 2.63. The van der Waals surface area contributed by atoms with Gasteiger partial charge in [-0.3, -0.25) is 0 Å². The molecule has 132 valence electrons. The molecule has 0 aliphatic rings. The minimum atomic E-state index is 0.135. The molecule has 4 heteroatoms. The maximum atomic E-state index is 9.55. The highest BCUT2D eigenvalue weighted by Gasteiger charge is 1.99. The number of methoxy groups -OCH3 is 1. The Labute approximate surface area is 149 Å². The SMILES string of the molecule is CCOc1ccc(/C=C/COC/C=C/c2ccc(O)c(OC)c2)cc1. The summed E-state index contributed by atoms with van der Waals surface area (Å²) in [5.74, 6) is 1.48. The predicted octanol–water partition coefficient (Wildman–Crippen LogP) is 4.54. The molecule has 0 saturated heterocycles. The number of aromatic hydroxyl groups is 1. The van der Waals surface area contributed by atoms with E-state index in [-0.39, 0.29) is 5.75 Å². The Morgan fingerprint density at radius 2 is 1.56 bits per heavy atom. The van der Waals surface area contributed by atoms with Crippen LogP contribution in [0.25, 0.3) is 12.2 Å². The number of rotatable bonds is 9. The van der Waals surface area contributed by atoms with Gasteiger partial charge < -0.3 is 19.3 Å². The first-order valence-electron chi connectivity index (χ1n) is 8.23. The van der Waals surface area contributed by atoms with Crippen molar-refractivity contribution in [3.8, 4) is 17.2 Å². The molecule has 0 amide bonds.